The molecule has 1 aromatic rings. The molecule has 1 aromatic carbocycles. The van der Waals surface area contributed by atoms with Crippen molar-refractivity contribution in [1.82, 2.24) is 31.1 Å². The minimum absolute atomic E-state index is 0.0337. The fourth-order valence-electron chi connectivity index (χ4n) is 6.77. The molecule has 1 heterocycles. The summed E-state index contributed by atoms with van der Waals surface area (Å²) < 4.78 is 5.29. The van der Waals surface area contributed by atoms with Gasteiger partial charge in [-0.2, -0.15) is 0 Å². The van der Waals surface area contributed by atoms with Crippen LogP contribution < -0.4 is 21.3 Å². The Morgan fingerprint density at radius 1 is 0.981 bits per heavy atom. The Morgan fingerprint density at radius 3 is 2.17 bits per heavy atom. The number of amides is 6. The van der Waals surface area contributed by atoms with Gasteiger partial charge >= 0.3 is 6.09 Å². The van der Waals surface area contributed by atoms with Gasteiger partial charge in [0.2, 0.25) is 29.4 Å². The van der Waals surface area contributed by atoms with Crippen LogP contribution in [0.5, 0.6) is 0 Å². The predicted molar refractivity (Wildman–Crippen MR) is 194 cm³/mol. The first-order chi connectivity index (χ1) is 24.2. The van der Waals surface area contributed by atoms with Crippen LogP contribution in [0.2, 0.25) is 0 Å². The molecule has 2 aliphatic rings. The lowest BCUT2D eigenvalue weighted by Crippen LogP contribution is -2.60. The number of carbonyl (C=O) groups excluding carboxylic acids is 7. The fraction of sp³-hybridized carbons (Fsp3) is 0.658. The quantitative estimate of drug-likeness (QED) is 0.188. The van der Waals surface area contributed by atoms with E-state index in [0.29, 0.717) is 24.9 Å². The van der Waals surface area contributed by atoms with Crippen LogP contribution in [-0.4, -0.2) is 103 Å². The summed E-state index contributed by atoms with van der Waals surface area (Å²) >= 11 is 0. The summed E-state index contributed by atoms with van der Waals surface area (Å²) in [6.07, 6.45) is 0.648. The van der Waals surface area contributed by atoms with Gasteiger partial charge in [-0.25, -0.2) is 4.79 Å². The summed E-state index contributed by atoms with van der Waals surface area (Å²) in [7, 11) is 3.12. The minimum Gasteiger partial charge on any atom is -0.449 e. The van der Waals surface area contributed by atoms with E-state index in [-0.39, 0.29) is 42.1 Å². The van der Waals surface area contributed by atoms with Crippen molar-refractivity contribution in [2.75, 3.05) is 33.8 Å². The van der Waals surface area contributed by atoms with E-state index in [4.69, 9.17) is 4.74 Å². The number of piperidine rings is 1. The Morgan fingerprint density at radius 2 is 1.62 bits per heavy atom. The number of benzene rings is 1. The van der Waals surface area contributed by atoms with Crippen molar-refractivity contribution >= 4 is 41.4 Å². The first-order valence-corrected chi connectivity index (χ1v) is 18.1. The number of rotatable bonds is 16. The van der Waals surface area contributed by atoms with Crippen molar-refractivity contribution in [2.24, 2.45) is 28.6 Å². The number of ether oxygens (including phenoxy) is 1. The monoisotopic (exact) mass is 726 g/mol. The second-order valence-electron chi connectivity index (χ2n) is 16.2. The van der Waals surface area contributed by atoms with E-state index in [2.05, 4.69) is 21.3 Å². The smallest absolute Gasteiger partial charge is 0.407 e. The Kier molecular flexibility index (Phi) is 14.0. The highest BCUT2D eigenvalue weighted by atomic mass is 16.5. The molecule has 1 saturated carbocycles. The summed E-state index contributed by atoms with van der Waals surface area (Å²) in [5.41, 5.74) is -0.406. The van der Waals surface area contributed by atoms with Crippen LogP contribution in [0.15, 0.2) is 30.3 Å². The maximum absolute atomic E-state index is 14.1. The number of likely N-dealkylation sites (N-methyl/N-ethyl adjacent to an activating group) is 1. The molecule has 4 N–H and O–H groups in total. The Balaban J connectivity index is 1.74. The molecule has 1 aliphatic heterocycles. The van der Waals surface area contributed by atoms with Gasteiger partial charge in [-0.3, -0.25) is 28.8 Å². The number of nitrogens with zero attached hydrogens (tertiary/aromatic N) is 2. The maximum atomic E-state index is 14.1. The summed E-state index contributed by atoms with van der Waals surface area (Å²) in [6, 6.07) is 4.51. The van der Waals surface area contributed by atoms with E-state index in [1.807, 2.05) is 55.4 Å². The number of hydrogen-bond acceptors (Lipinski definition) is 8. The Hall–Kier alpha value is -4.49. The SMILES string of the molecule is CCCCC(NC(=O)C1[C@@H]2[C@H](CN1C(=O)[C@@H](NC(=O)OCC(C)C)C(C)(C)C)C2(C)C)C(=O)C(=O)NCC(=O)N[C@H](C(=O)N(C)C)c1ccccc1. The van der Waals surface area contributed by atoms with Gasteiger partial charge in [-0.15, -0.1) is 0 Å². The topological polar surface area (TPSA) is 183 Å². The van der Waals surface area contributed by atoms with Gasteiger partial charge in [0.1, 0.15) is 18.1 Å². The maximum Gasteiger partial charge on any atom is 0.407 e. The van der Waals surface area contributed by atoms with Crippen LogP contribution in [0.4, 0.5) is 4.79 Å². The van der Waals surface area contributed by atoms with Gasteiger partial charge < -0.3 is 35.8 Å². The van der Waals surface area contributed by atoms with Crippen molar-refractivity contribution < 1.29 is 38.3 Å². The molecule has 6 atom stereocenters. The Labute approximate surface area is 307 Å². The highest BCUT2D eigenvalue weighted by molar-refractivity contribution is 6.38. The third-order valence-electron chi connectivity index (χ3n) is 9.92. The molecular formula is C38H58N6O8. The normalized spacial score (nSPS) is 20.4. The molecule has 52 heavy (non-hydrogen) atoms. The van der Waals surface area contributed by atoms with Crippen molar-refractivity contribution in [3.8, 4) is 0 Å². The lowest BCUT2D eigenvalue weighted by atomic mass is 9.85. The van der Waals surface area contributed by atoms with E-state index < -0.39 is 71.6 Å². The minimum atomic E-state index is -1.21. The zero-order valence-corrected chi connectivity index (χ0v) is 32.3. The third kappa shape index (κ3) is 10.3. The lowest BCUT2D eigenvalue weighted by Gasteiger charge is -2.37. The van der Waals surface area contributed by atoms with Gasteiger partial charge in [-0.1, -0.05) is 98.6 Å². The number of alkyl carbamates (subject to hydrolysis) is 1. The van der Waals surface area contributed by atoms with Crippen LogP contribution in [0.3, 0.4) is 0 Å². The number of carbonyl (C=O) groups is 7. The van der Waals surface area contributed by atoms with Crippen LogP contribution in [0.25, 0.3) is 0 Å². The molecule has 14 nitrogen and oxygen atoms in total. The predicted octanol–water partition coefficient (Wildman–Crippen LogP) is 2.57. The first kappa shape index (κ1) is 41.9. The second-order valence-corrected chi connectivity index (χ2v) is 16.2. The molecule has 0 aromatic heterocycles. The summed E-state index contributed by atoms with van der Waals surface area (Å²) in [5, 5.41) is 10.4. The summed E-state index contributed by atoms with van der Waals surface area (Å²) in [6.45, 7) is 15.1. The average Bonchev–Trinajstić information content (AvgIpc) is 3.38. The second kappa shape index (κ2) is 17.4. The number of likely N-dealkylation sites (tertiary alicyclic amines) is 1. The van der Waals surface area contributed by atoms with Gasteiger partial charge in [0.15, 0.2) is 0 Å². The number of Topliss-reactive ketones (excluding diaryl/α,β-unsaturated/α-hetero) is 1. The number of hydrogen-bond donors (Lipinski definition) is 4. The summed E-state index contributed by atoms with van der Waals surface area (Å²) in [4.78, 5) is 96.0. The molecule has 2 fully saturated rings. The number of fused-ring (bicyclic) bond motifs is 1. The van der Waals surface area contributed by atoms with E-state index in [1.165, 1.54) is 9.80 Å². The van der Waals surface area contributed by atoms with Crippen LogP contribution in [0, 0.1) is 28.6 Å². The van der Waals surface area contributed by atoms with Crippen LogP contribution in [0.1, 0.15) is 86.3 Å². The fourth-order valence-corrected chi connectivity index (χ4v) is 6.77. The molecule has 1 saturated heterocycles. The van der Waals surface area contributed by atoms with E-state index in [0.717, 1.165) is 0 Å². The highest BCUT2D eigenvalue weighted by Crippen LogP contribution is 2.65. The van der Waals surface area contributed by atoms with E-state index in [9.17, 15) is 33.6 Å². The van der Waals surface area contributed by atoms with Gasteiger partial charge in [-0.05, 0) is 40.6 Å². The molecular weight excluding hydrogens is 668 g/mol. The van der Waals surface area contributed by atoms with Crippen LogP contribution in [-0.2, 0) is 33.5 Å². The van der Waals surface area contributed by atoms with Crippen molar-refractivity contribution in [3.63, 3.8) is 0 Å². The van der Waals surface area contributed by atoms with Gasteiger partial charge in [0.25, 0.3) is 5.91 Å². The molecule has 0 bridgehead atoms. The van der Waals surface area contributed by atoms with Crippen molar-refractivity contribution in [1.29, 1.82) is 0 Å². The van der Waals surface area contributed by atoms with E-state index in [1.54, 1.807) is 44.4 Å². The largest absolute Gasteiger partial charge is 0.449 e. The Bertz CT molecular complexity index is 1490. The molecule has 1 aliphatic carbocycles. The molecule has 0 radical (unpaired) electrons. The number of nitrogens with one attached hydrogen (secondary N) is 4. The van der Waals surface area contributed by atoms with Gasteiger partial charge in [0.05, 0.1) is 19.2 Å². The first-order valence-electron chi connectivity index (χ1n) is 18.1. The number of unbranched alkanes of at least 4 members (excludes halogenated alkanes) is 1. The van der Waals surface area contributed by atoms with E-state index >= 15 is 0 Å². The van der Waals surface area contributed by atoms with Crippen LogP contribution >= 0.6 is 0 Å². The molecule has 14 heteroatoms. The standard InChI is InChI=1S/C38H58N6O8/c1-11-12-18-25(30(46)33(48)39-19-26(45)41-28(34(49)43(9)10)23-16-14-13-15-17-23)40-32(47)29-27-24(38(27,7)8)20-44(29)35(50)31(37(4,5)6)42-36(51)52-21-22(2)3/h13-17,22,24-25,27-29,31H,11-12,18-21H2,1-10H3,(H,39,48)(H,40,47)(H,41,45)(H,42,51)/t24-,25?,27-,28-,29?,31+/m0/s1. The summed E-state index contributed by atoms with van der Waals surface area (Å²) in [5.74, 6) is -4.09. The lowest BCUT2D eigenvalue weighted by molar-refractivity contribution is -0.145. The average molecular weight is 727 g/mol. The molecule has 3 rings (SSSR count). The highest BCUT2D eigenvalue weighted by Gasteiger charge is 2.70. The molecule has 288 valence electrons. The van der Waals surface area contributed by atoms with Gasteiger partial charge in [0, 0.05) is 20.6 Å². The zero-order valence-electron chi connectivity index (χ0n) is 32.3. The molecule has 0 spiro atoms. The van der Waals surface area contributed by atoms with Crippen molar-refractivity contribution in [3.05, 3.63) is 35.9 Å². The molecule has 6 amide bonds. The third-order valence-corrected chi connectivity index (χ3v) is 9.92. The molecule has 2 unspecified atom stereocenters. The number of ketones is 1. The van der Waals surface area contributed by atoms with Crippen molar-refractivity contribution in [2.45, 2.75) is 98.8 Å². The zero-order chi connectivity index (χ0) is 39.1.